The van der Waals surface area contributed by atoms with Crippen molar-refractivity contribution >= 4 is 29.2 Å². The largest absolute Gasteiger partial charge is 0.477 e. The summed E-state index contributed by atoms with van der Waals surface area (Å²) in [6.07, 6.45) is -2.13. The number of carboxylic acids is 1. The minimum absolute atomic E-state index is 0.0744. The molecule has 2 N–H and O–H groups in total. The zero-order chi connectivity index (χ0) is 27.1. The zero-order valence-electron chi connectivity index (χ0n) is 19.1. The summed E-state index contributed by atoms with van der Waals surface area (Å²) in [6.45, 7) is 3.14. The van der Waals surface area contributed by atoms with E-state index < -0.39 is 34.8 Å². The maximum Gasteiger partial charge on any atom is 0.435 e. The van der Waals surface area contributed by atoms with Crippen molar-refractivity contribution in [2.75, 3.05) is 5.32 Å². The van der Waals surface area contributed by atoms with Crippen LogP contribution >= 0.6 is 11.6 Å². The van der Waals surface area contributed by atoms with E-state index in [2.05, 4.69) is 20.4 Å². The zero-order valence-corrected chi connectivity index (χ0v) is 19.9. The molecule has 0 saturated heterocycles. The molecule has 0 atom stereocenters. The van der Waals surface area contributed by atoms with Crippen LogP contribution in [-0.4, -0.2) is 35.4 Å². The number of aromatic carboxylic acids is 1. The second kappa shape index (κ2) is 9.65. The minimum atomic E-state index is -4.74. The van der Waals surface area contributed by atoms with Crippen LogP contribution in [0.4, 0.5) is 29.2 Å². The number of rotatable bonds is 6. The highest BCUT2D eigenvalue weighted by molar-refractivity contribution is 6.31. The minimum Gasteiger partial charge on any atom is -0.477 e. The van der Waals surface area contributed by atoms with E-state index >= 15 is 0 Å². The lowest BCUT2D eigenvalue weighted by Gasteiger charge is -2.15. The van der Waals surface area contributed by atoms with Crippen molar-refractivity contribution in [3.63, 3.8) is 0 Å². The highest BCUT2D eigenvalue weighted by atomic mass is 35.5. The first-order valence-electron chi connectivity index (χ1n) is 10.6. The van der Waals surface area contributed by atoms with Crippen LogP contribution in [0.5, 0.6) is 0 Å². The lowest BCUT2D eigenvalue weighted by molar-refractivity contribution is -0.141. The van der Waals surface area contributed by atoms with Gasteiger partial charge in [0, 0.05) is 41.4 Å². The molecule has 3 aromatic heterocycles. The van der Waals surface area contributed by atoms with Crippen molar-refractivity contribution in [3.05, 3.63) is 80.9 Å². The van der Waals surface area contributed by atoms with Gasteiger partial charge in [0.05, 0.1) is 5.02 Å². The van der Waals surface area contributed by atoms with E-state index in [0.717, 1.165) is 27.4 Å². The molecular formula is C23H17ClF4N6O3. The number of alkyl halides is 3. The molecule has 9 nitrogen and oxygen atoms in total. The van der Waals surface area contributed by atoms with Gasteiger partial charge in [-0.05, 0) is 44.2 Å². The summed E-state index contributed by atoms with van der Waals surface area (Å²) < 4.78 is 55.7. The fourth-order valence-corrected chi connectivity index (χ4v) is 3.68. The van der Waals surface area contributed by atoms with Crippen LogP contribution in [0.25, 0.3) is 16.9 Å². The first-order chi connectivity index (χ1) is 17.4. The van der Waals surface area contributed by atoms with Crippen molar-refractivity contribution in [2.45, 2.75) is 26.6 Å². The summed E-state index contributed by atoms with van der Waals surface area (Å²) in [5.74, 6) is -2.35. The van der Waals surface area contributed by atoms with Crippen molar-refractivity contribution in [1.29, 1.82) is 0 Å². The van der Waals surface area contributed by atoms with Crippen LogP contribution in [0.15, 0.2) is 47.5 Å². The first kappa shape index (κ1) is 25.8. The van der Waals surface area contributed by atoms with E-state index in [-0.39, 0.29) is 40.2 Å². The Balaban J connectivity index is 1.94. The van der Waals surface area contributed by atoms with Crippen LogP contribution in [0.2, 0.25) is 5.02 Å². The summed E-state index contributed by atoms with van der Waals surface area (Å²) in [4.78, 5) is 32.6. The Morgan fingerprint density at radius 2 is 1.95 bits per heavy atom. The lowest BCUT2D eigenvalue weighted by atomic mass is 10.1. The second-order valence-electron chi connectivity index (χ2n) is 7.80. The van der Waals surface area contributed by atoms with Crippen molar-refractivity contribution in [1.82, 2.24) is 24.3 Å². The van der Waals surface area contributed by atoms with Crippen LogP contribution < -0.4 is 10.9 Å². The predicted octanol–water partition coefficient (Wildman–Crippen LogP) is 5.07. The van der Waals surface area contributed by atoms with Gasteiger partial charge in [-0.15, -0.1) is 0 Å². The van der Waals surface area contributed by atoms with Crippen molar-refractivity contribution in [3.8, 4) is 16.9 Å². The highest BCUT2D eigenvalue weighted by Gasteiger charge is 2.35. The Bertz CT molecular complexity index is 1580. The van der Waals surface area contributed by atoms with E-state index in [1.165, 1.54) is 31.5 Å². The summed E-state index contributed by atoms with van der Waals surface area (Å²) in [5, 5.41) is 15.8. The molecule has 0 fully saturated rings. The third-order valence-corrected chi connectivity index (χ3v) is 5.58. The van der Waals surface area contributed by atoms with Crippen LogP contribution in [0.3, 0.4) is 0 Å². The quantitative estimate of drug-likeness (QED) is 0.330. The van der Waals surface area contributed by atoms with Gasteiger partial charge in [0.15, 0.2) is 11.5 Å². The molecule has 0 unspecified atom stereocenters. The number of pyridine rings is 1. The summed E-state index contributed by atoms with van der Waals surface area (Å²) in [7, 11) is 0. The first-order valence-corrected chi connectivity index (χ1v) is 11.0. The fraction of sp³-hybridized carbons (Fsp3) is 0.174. The van der Waals surface area contributed by atoms with Gasteiger partial charge in [0.1, 0.15) is 11.4 Å². The molecule has 0 radical (unpaired) electrons. The molecule has 0 spiro atoms. The van der Waals surface area contributed by atoms with Crippen molar-refractivity contribution < 1.29 is 27.5 Å². The topological polar surface area (TPSA) is 115 Å². The number of aryl methyl sites for hydroxylation is 2. The molecule has 0 aliphatic rings. The number of anilines is 2. The van der Waals surface area contributed by atoms with Crippen LogP contribution in [-0.2, 0) is 12.7 Å². The Morgan fingerprint density at radius 3 is 2.54 bits per heavy atom. The van der Waals surface area contributed by atoms with Gasteiger partial charge in [0.25, 0.3) is 5.56 Å². The van der Waals surface area contributed by atoms with Crippen LogP contribution in [0, 0.1) is 12.7 Å². The third-order valence-electron chi connectivity index (χ3n) is 5.29. The molecule has 37 heavy (non-hydrogen) atoms. The van der Waals surface area contributed by atoms with Gasteiger partial charge in [-0.25, -0.2) is 18.9 Å². The third kappa shape index (κ3) is 5.16. The summed E-state index contributed by atoms with van der Waals surface area (Å²) >= 11 is 5.81. The smallest absolute Gasteiger partial charge is 0.435 e. The highest BCUT2D eigenvalue weighted by Crippen LogP contribution is 2.32. The number of nitrogens with one attached hydrogen (secondary N) is 1. The average molecular weight is 537 g/mol. The molecular weight excluding hydrogens is 520 g/mol. The number of halogens is 5. The predicted molar refractivity (Wildman–Crippen MR) is 126 cm³/mol. The normalized spacial score (nSPS) is 11.5. The van der Waals surface area contributed by atoms with Crippen LogP contribution in [0.1, 0.15) is 28.7 Å². The maximum absolute atomic E-state index is 13.5. The number of hydrogen-bond acceptors (Lipinski definition) is 6. The van der Waals surface area contributed by atoms with Gasteiger partial charge in [-0.3, -0.25) is 4.79 Å². The van der Waals surface area contributed by atoms with E-state index in [4.69, 9.17) is 11.6 Å². The molecule has 0 bridgehead atoms. The van der Waals surface area contributed by atoms with E-state index in [0.29, 0.717) is 5.69 Å². The summed E-state index contributed by atoms with van der Waals surface area (Å²) in [6, 6.07) is 5.65. The Labute approximate surface area is 211 Å². The number of benzene rings is 1. The molecule has 3 heterocycles. The summed E-state index contributed by atoms with van der Waals surface area (Å²) in [5.41, 5.74) is -1.82. The SMILES string of the molecule is CCn1cc(-c2cnc(Nc3ccc(F)c(Cl)c3)nc2-n2nc(C(F)(F)F)cc2C)cc(C(=O)O)c1=O. The molecule has 0 saturated carbocycles. The number of carboxylic acid groups (broad SMARTS) is 1. The molecule has 0 aliphatic heterocycles. The van der Waals surface area contributed by atoms with E-state index in [9.17, 15) is 32.3 Å². The Morgan fingerprint density at radius 1 is 1.22 bits per heavy atom. The van der Waals surface area contributed by atoms with Gasteiger partial charge in [-0.2, -0.15) is 23.3 Å². The molecule has 4 rings (SSSR count). The van der Waals surface area contributed by atoms with Gasteiger partial charge in [-0.1, -0.05) is 11.6 Å². The van der Waals surface area contributed by atoms with E-state index in [1.807, 2.05) is 0 Å². The number of hydrogen-bond donors (Lipinski definition) is 2. The van der Waals surface area contributed by atoms with Gasteiger partial charge in [0.2, 0.25) is 5.95 Å². The standard InChI is InChI=1S/C23H17ClF4N6O3/c1-3-33-10-12(7-14(20(33)35)21(36)37)15-9-29-22(30-13-4-5-17(25)16(24)8-13)31-19(15)34-11(2)6-18(32-34)23(26,27)28/h4-10H,3H2,1-2H3,(H,36,37)(H,29,30,31). The van der Waals surface area contributed by atoms with Crippen molar-refractivity contribution in [2.24, 2.45) is 0 Å². The monoisotopic (exact) mass is 536 g/mol. The van der Waals surface area contributed by atoms with Gasteiger partial charge < -0.3 is 15.0 Å². The van der Waals surface area contributed by atoms with Gasteiger partial charge >= 0.3 is 12.1 Å². The fourth-order valence-electron chi connectivity index (χ4n) is 3.50. The number of carbonyl (C=O) groups is 1. The Kier molecular flexibility index (Phi) is 6.74. The molecule has 4 aromatic rings. The molecule has 0 amide bonds. The molecule has 0 aliphatic carbocycles. The van der Waals surface area contributed by atoms with E-state index in [1.54, 1.807) is 6.92 Å². The lowest BCUT2D eigenvalue weighted by Crippen LogP contribution is -2.25. The maximum atomic E-state index is 13.5. The average Bonchev–Trinajstić information content (AvgIpc) is 3.23. The number of aromatic nitrogens is 5. The molecule has 1 aromatic carbocycles. The number of nitrogens with zero attached hydrogens (tertiary/aromatic N) is 5. The molecule has 192 valence electrons. The second-order valence-corrected chi connectivity index (χ2v) is 8.21. The Hall–Kier alpha value is -4.26. The molecule has 14 heteroatoms.